The molecule has 0 aliphatic carbocycles. The number of aromatic nitrogens is 1. The number of carbonyl (C=O) groups is 3. The number of hydrazone groups is 1. The average molecular weight is 465 g/mol. The number of para-hydroxylation sites is 3. The fraction of sp³-hybridized carbons (Fsp3) is 0.182. The van der Waals surface area contributed by atoms with Crippen molar-refractivity contribution in [1.82, 2.24) is 15.8 Å². The van der Waals surface area contributed by atoms with Gasteiger partial charge in [0.2, 0.25) is 16.8 Å². The van der Waals surface area contributed by atoms with E-state index in [2.05, 4.69) is 20.9 Å². The number of nitrogens with zero attached hydrogens (tertiary/aromatic N) is 3. The molecule has 2 aromatic carbocycles. The number of oxazole rings is 1. The Labute approximate surface area is 193 Å². The first-order chi connectivity index (χ1) is 15.9. The van der Waals surface area contributed by atoms with Gasteiger partial charge in [-0.25, -0.2) is 15.7 Å². The number of fused-ring (bicyclic) bond motifs is 1. The Bertz CT molecular complexity index is 1300. The number of hydrazine groups is 1. The number of rotatable bonds is 4. The number of hydrogen-bond acceptors (Lipinski definition) is 8. The van der Waals surface area contributed by atoms with Crippen LogP contribution in [0.4, 0.5) is 5.69 Å². The molecule has 0 saturated carbocycles. The maximum absolute atomic E-state index is 13.6. The van der Waals surface area contributed by atoms with Gasteiger partial charge in [0.1, 0.15) is 11.2 Å². The molecule has 1 aliphatic rings. The number of Topliss-reactive ketones (excluding diaryl/α,β-unsaturated/α-hetero) is 1. The van der Waals surface area contributed by atoms with Gasteiger partial charge < -0.3 is 4.42 Å². The number of hydrogen-bond donors (Lipinski definition) is 3. The maximum Gasteiger partial charge on any atom is 0.302 e. The van der Waals surface area contributed by atoms with Crippen molar-refractivity contribution < 1.29 is 18.8 Å². The summed E-state index contributed by atoms with van der Waals surface area (Å²) in [5, 5.41) is 3.94. The summed E-state index contributed by atoms with van der Waals surface area (Å²) >= 11 is 4.94. The molecule has 0 spiro atoms. The fourth-order valence-electron chi connectivity index (χ4n) is 3.71. The van der Waals surface area contributed by atoms with E-state index in [1.54, 1.807) is 43.3 Å². The van der Waals surface area contributed by atoms with Crippen LogP contribution in [-0.4, -0.2) is 33.4 Å². The lowest BCUT2D eigenvalue weighted by atomic mass is 9.90. The molecule has 2 amide bonds. The number of amides is 2. The highest BCUT2D eigenvalue weighted by Crippen LogP contribution is 2.33. The predicted molar refractivity (Wildman–Crippen MR) is 125 cm³/mol. The second kappa shape index (κ2) is 8.88. The number of benzene rings is 2. The molecule has 11 heteroatoms. The first kappa shape index (κ1) is 22.2. The Balaban J connectivity index is 1.88. The molecule has 1 fully saturated rings. The van der Waals surface area contributed by atoms with Gasteiger partial charge >= 0.3 is 5.91 Å². The molecule has 1 saturated heterocycles. The minimum atomic E-state index is -1.45. The lowest BCUT2D eigenvalue weighted by Crippen LogP contribution is -2.56. The van der Waals surface area contributed by atoms with E-state index in [1.165, 1.54) is 0 Å². The number of ketones is 1. The van der Waals surface area contributed by atoms with Crippen molar-refractivity contribution in [2.45, 2.75) is 26.2 Å². The zero-order chi connectivity index (χ0) is 23.7. The zero-order valence-electron chi connectivity index (χ0n) is 17.8. The van der Waals surface area contributed by atoms with Gasteiger partial charge in [0.15, 0.2) is 11.5 Å². The molecule has 1 aliphatic heterocycles. The summed E-state index contributed by atoms with van der Waals surface area (Å²) in [4.78, 5) is 45.4. The zero-order valence-corrected chi connectivity index (χ0v) is 18.6. The Morgan fingerprint density at radius 2 is 1.94 bits per heavy atom. The summed E-state index contributed by atoms with van der Waals surface area (Å²) in [5.74, 6) is 1.03. The molecule has 4 N–H and O–H groups in total. The predicted octanol–water partition coefficient (Wildman–Crippen LogP) is 1.62. The van der Waals surface area contributed by atoms with Gasteiger partial charge in [-0.15, -0.1) is 0 Å². The third-order valence-electron chi connectivity index (χ3n) is 5.26. The summed E-state index contributed by atoms with van der Waals surface area (Å²) in [6.07, 6.45) is 0.544. The molecule has 0 unspecified atom stereocenters. The maximum atomic E-state index is 13.6. The molecule has 33 heavy (non-hydrogen) atoms. The number of nitrogens with two attached hydrogens (primary N) is 1. The van der Waals surface area contributed by atoms with Crippen molar-refractivity contribution in [2.75, 3.05) is 4.90 Å². The van der Waals surface area contributed by atoms with Crippen LogP contribution in [0.1, 0.15) is 29.9 Å². The van der Waals surface area contributed by atoms with E-state index in [0.29, 0.717) is 28.8 Å². The largest absolute Gasteiger partial charge is 0.439 e. The van der Waals surface area contributed by atoms with Crippen LogP contribution in [-0.2, 0) is 20.8 Å². The Hall–Kier alpha value is -3.96. The van der Waals surface area contributed by atoms with Crippen molar-refractivity contribution >= 4 is 57.4 Å². The molecule has 10 nitrogen and oxygen atoms in total. The average Bonchev–Trinajstić information content (AvgIpc) is 3.24. The molecule has 0 radical (unpaired) electrons. The van der Waals surface area contributed by atoms with Crippen LogP contribution in [0.3, 0.4) is 0 Å². The summed E-state index contributed by atoms with van der Waals surface area (Å²) in [6.45, 7) is 3.65. The van der Waals surface area contributed by atoms with Gasteiger partial charge in [-0.1, -0.05) is 37.3 Å². The van der Waals surface area contributed by atoms with Gasteiger partial charge in [-0.05, 0) is 48.8 Å². The van der Waals surface area contributed by atoms with E-state index in [9.17, 15) is 14.4 Å². The Morgan fingerprint density at radius 1 is 1.18 bits per heavy atom. The highest BCUT2D eigenvalue weighted by molar-refractivity contribution is 7.80. The number of nitrogens with one attached hydrogen (secondary N) is 2. The number of imide groups is 1. The highest BCUT2D eigenvalue weighted by Gasteiger charge is 2.50. The lowest BCUT2D eigenvalue weighted by Gasteiger charge is -2.31. The van der Waals surface area contributed by atoms with E-state index in [1.807, 2.05) is 13.0 Å². The van der Waals surface area contributed by atoms with Crippen molar-refractivity contribution in [3.05, 3.63) is 59.5 Å². The summed E-state index contributed by atoms with van der Waals surface area (Å²) in [7, 11) is 0. The van der Waals surface area contributed by atoms with Gasteiger partial charge in [0, 0.05) is 0 Å². The standard InChI is InChI=1S/C22H20N6O4S/c1-3-12-8-6-7-11(2)17(12)28-20(30)16(26-27-22(33)25-23)15(18(29)21(28)31)19-24-13-9-4-5-10-14(13)32-19/h4-10,15H,3,23H2,1-2H3,(H2,25,27,33)/b26-16-/t15-/m1/s1. The van der Waals surface area contributed by atoms with Crippen LogP contribution in [0.5, 0.6) is 0 Å². The van der Waals surface area contributed by atoms with Gasteiger partial charge in [-0.3, -0.25) is 25.2 Å². The molecular weight excluding hydrogens is 444 g/mol. The van der Waals surface area contributed by atoms with E-state index < -0.39 is 23.5 Å². The molecular formula is C22H20N6O4S. The van der Waals surface area contributed by atoms with Crippen LogP contribution in [0.2, 0.25) is 0 Å². The van der Waals surface area contributed by atoms with Crippen LogP contribution >= 0.6 is 12.2 Å². The van der Waals surface area contributed by atoms with Gasteiger partial charge in [0.25, 0.3) is 5.91 Å². The van der Waals surface area contributed by atoms with Gasteiger partial charge in [0.05, 0.1) is 5.69 Å². The number of thiocarbonyl (C=S) groups is 1. The van der Waals surface area contributed by atoms with Crippen LogP contribution in [0.15, 0.2) is 52.0 Å². The second-order valence-electron chi connectivity index (χ2n) is 7.28. The van der Waals surface area contributed by atoms with Crippen LogP contribution in [0, 0.1) is 6.92 Å². The third kappa shape index (κ3) is 3.88. The van der Waals surface area contributed by atoms with E-state index in [0.717, 1.165) is 10.5 Å². The first-order valence-electron chi connectivity index (χ1n) is 10.1. The van der Waals surface area contributed by atoms with Crippen LogP contribution < -0.4 is 21.6 Å². The quantitative estimate of drug-likeness (QED) is 0.172. The topological polar surface area (TPSA) is 143 Å². The molecule has 168 valence electrons. The van der Waals surface area contributed by atoms with E-state index in [4.69, 9.17) is 22.5 Å². The summed E-state index contributed by atoms with van der Waals surface area (Å²) < 4.78 is 5.71. The van der Waals surface area contributed by atoms with Gasteiger partial charge in [-0.2, -0.15) is 5.10 Å². The first-order valence-corrected chi connectivity index (χ1v) is 10.5. The third-order valence-corrected chi connectivity index (χ3v) is 5.47. The van der Waals surface area contributed by atoms with Crippen molar-refractivity contribution in [3.8, 4) is 0 Å². The monoisotopic (exact) mass is 464 g/mol. The van der Waals surface area contributed by atoms with Crippen molar-refractivity contribution in [3.63, 3.8) is 0 Å². The van der Waals surface area contributed by atoms with E-state index in [-0.39, 0.29) is 16.7 Å². The molecule has 1 aromatic heterocycles. The minimum Gasteiger partial charge on any atom is -0.439 e. The number of anilines is 1. The lowest BCUT2D eigenvalue weighted by molar-refractivity contribution is -0.139. The molecule has 1 atom stereocenters. The van der Waals surface area contributed by atoms with Crippen molar-refractivity contribution in [2.24, 2.45) is 10.9 Å². The Morgan fingerprint density at radius 3 is 2.64 bits per heavy atom. The summed E-state index contributed by atoms with van der Waals surface area (Å²) in [5.41, 5.74) is 6.93. The SMILES string of the molecule is CCc1cccc(C)c1N1C(=O)C(=O)[C@H](c2nc3ccccc3o2)/C(=N/NC(=S)NN)C1=O. The number of carbonyl (C=O) groups excluding carboxylic acids is 3. The second-order valence-corrected chi connectivity index (χ2v) is 7.69. The molecule has 3 aromatic rings. The number of aryl methyl sites for hydroxylation is 2. The summed E-state index contributed by atoms with van der Waals surface area (Å²) in [6, 6.07) is 12.2. The van der Waals surface area contributed by atoms with Crippen molar-refractivity contribution in [1.29, 1.82) is 0 Å². The van der Waals surface area contributed by atoms with Crippen LogP contribution in [0.25, 0.3) is 11.1 Å². The molecule has 0 bridgehead atoms. The van der Waals surface area contributed by atoms with E-state index >= 15 is 0 Å². The minimum absolute atomic E-state index is 0.0901. The molecule has 2 heterocycles. The Kier molecular flexibility index (Phi) is 5.99. The highest BCUT2D eigenvalue weighted by atomic mass is 32.1. The smallest absolute Gasteiger partial charge is 0.302 e. The molecule has 4 rings (SSSR count). The fourth-order valence-corrected chi connectivity index (χ4v) is 3.76. The normalized spacial score (nSPS) is 17.7. The number of piperidine rings is 1.